The molecule has 0 aliphatic carbocycles. The molecule has 5 heteroatoms. The molecule has 1 fully saturated rings. The molecule has 0 atom stereocenters. The van der Waals surface area contributed by atoms with Crippen molar-refractivity contribution in [3.05, 3.63) is 78.4 Å². The number of rotatable bonds is 2. The molecule has 1 amide bonds. The van der Waals surface area contributed by atoms with Crippen LogP contribution in [0.1, 0.15) is 16.8 Å². The first kappa shape index (κ1) is 21.3. The fraction of sp³-hybridized carbons (Fsp3) is 0.231. The van der Waals surface area contributed by atoms with Crippen molar-refractivity contribution in [2.45, 2.75) is 6.42 Å². The van der Waals surface area contributed by atoms with E-state index in [4.69, 9.17) is 4.98 Å². The van der Waals surface area contributed by atoms with Crippen molar-refractivity contribution >= 4 is 40.0 Å². The number of likely N-dealkylation sites (N-methyl/N-ethyl adjacent to an activating group) is 1. The maximum Gasteiger partial charge on any atom is 0.254 e. The van der Waals surface area contributed by atoms with E-state index >= 15 is 0 Å². The Bertz CT molecular complexity index is 1230. The Hall–Kier alpha value is -2.95. The fourth-order valence-corrected chi connectivity index (χ4v) is 4.36. The lowest BCUT2D eigenvalue weighted by atomic mass is 9.98. The predicted molar refractivity (Wildman–Crippen MR) is 130 cm³/mol. The van der Waals surface area contributed by atoms with Gasteiger partial charge in [-0.05, 0) is 42.9 Å². The fourth-order valence-electron chi connectivity index (χ4n) is 4.36. The van der Waals surface area contributed by atoms with E-state index in [0.29, 0.717) is 0 Å². The molecule has 0 radical (unpaired) electrons. The van der Waals surface area contributed by atoms with Gasteiger partial charge in [0.05, 0.1) is 16.8 Å². The van der Waals surface area contributed by atoms with Gasteiger partial charge < -0.3 is 9.80 Å². The van der Waals surface area contributed by atoms with E-state index in [9.17, 15) is 4.79 Å². The second kappa shape index (κ2) is 9.04. The second-order valence-corrected chi connectivity index (χ2v) is 8.05. The van der Waals surface area contributed by atoms with Crippen LogP contribution < -0.4 is 0 Å². The molecular weight excluding hydrogens is 406 g/mol. The van der Waals surface area contributed by atoms with Gasteiger partial charge in [0, 0.05) is 30.6 Å². The topological polar surface area (TPSA) is 36.4 Å². The summed E-state index contributed by atoms with van der Waals surface area (Å²) >= 11 is 0. The average Bonchev–Trinajstić information content (AvgIpc) is 3.02. The van der Waals surface area contributed by atoms with E-state index in [0.717, 1.165) is 65.7 Å². The number of hydrogen-bond acceptors (Lipinski definition) is 3. The van der Waals surface area contributed by atoms with E-state index in [1.54, 1.807) is 0 Å². The minimum absolute atomic E-state index is 0. The zero-order chi connectivity index (χ0) is 20.5. The van der Waals surface area contributed by atoms with Gasteiger partial charge in [-0.25, -0.2) is 4.98 Å². The van der Waals surface area contributed by atoms with Gasteiger partial charge in [0.25, 0.3) is 5.91 Å². The Balaban J connectivity index is 0.00000231. The van der Waals surface area contributed by atoms with Gasteiger partial charge in [0.2, 0.25) is 0 Å². The first-order valence-corrected chi connectivity index (χ1v) is 10.6. The molecule has 0 N–H and O–H groups in total. The van der Waals surface area contributed by atoms with Crippen LogP contribution in [0, 0.1) is 0 Å². The SMILES string of the molecule is CN1CCCN(C(=O)c2cc(-c3cccc4ccccc34)nc3ccccc23)CC1.Cl. The minimum atomic E-state index is 0. The third kappa shape index (κ3) is 4.14. The standard InChI is InChI=1S/C26H25N3O.ClH/c1-28-14-7-15-29(17-16-28)26(30)23-18-25(27-24-13-5-4-11-22(23)24)21-12-6-9-19-8-2-3-10-20(19)21;/h2-6,8-13,18H,7,14-17H2,1H3;1H. The Morgan fingerprint density at radius 1 is 0.839 bits per heavy atom. The summed E-state index contributed by atoms with van der Waals surface area (Å²) in [5, 5.41) is 3.25. The number of fused-ring (bicyclic) bond motifs is 2. The number of para-hydroxylation sites is 1. The number of pyridine rings is 1. The van der Waals surface area contributed by atoms with Gasteiger partial charge in [0.1, 0.15) is 0 Å². The summed E-state index contributed by atoms with van der Waals surface area (Å²) in [5.41, 5.74) is 3.51. The highest BCUT2D eigenvalue weighted by Gasteiger charge is 2.22. The van der Waals surface area contributed by atoms with Crippen LogP contribution in [0.4, 0.5) is 0 Å². The van der Waals surface area contributed by atoms with Crippen molar-refractivity contribution in [3.63, 3.8) is 0 Å². The number of carbonyl (C=O) groups excluding carboxylic acids is 1. The third-order valence-corrected chi connectivity index (χ3v) is 6.02. The molecular formula is C26H26ClN3O. The molecule has 1 aliphatic heterocycles. The normalized spacial score (nSPS) is 14.9. The molecule has 0 bridgehead atoms. The molecule has 1 aromatic heterocycles. The van der Waals surface area contributed by atoms with Gasteiger partial charge in [-0.15, -0.1) is 12.4 Å². The quantitative estimate of drug-likeness (QED) is 0.434. The monoisotopic (exact) mass is 431 g/mol. The van der Waals surface area contributed by atoms with Crippen LogP contribution in [-0.4, -0.2) is 53.9 Å². The lowest BCUT2D eigenvalue weighted by Gasteiger charge is -2.22. The van der Waals surface area contributed by atoms with Crippen LogP contribution in [-0.2, 0) is 0 Å². The van der Waals surface area contributed by atoms with Crippen molar-refractivity contribution in [3.8, 4) is 11.3 Å². The van der Waals surface area contributed by atoms with Crippen molar-refractivity contribution in [2.75, 3.05) is 33.2 Å². The molecule has 1 aliphatic rings. The largest absolute Gasteiger partial charge is 0.337 e. The smallest absolute Gasteiger partial charge is 0.254 e. The van der Waals surface area contributed by atoms with Crippen LogP contribution in [0.25, 0.3) is 32.9 Å². The summed E-state index contributed by atoms with van der Waals surface area (Å²) < 4.78 is 0. The van der Waals surface area contributed by atoms with Crippen LogP contribution in [0.2, 0.25) is 0 Å². The van der Waals surface area contributed by atoms with Crippen molar-refractivity contribution < 1.29 is 4.79 Å². The molecule has 4 aromatic rings. The van der Waals surface area contributed by atoms with Crippen LogP contribution >= 0.6 is 12.4 Å². The first-order valence-electron chi connectivity index (χ1n) is 10.6. The van der Waals surface area contributed by atoms with Gasteiger partial charge in [-0.1, -0.05) is 60.7 Å². The molecule has 31 heavy (non-hydrogen) atoms. The lowest BCUT2D eigenvalue weighted by molar-refractivity contribution is 0.0765. The van der Waals surface area contributed by atoms with Crippen LogP contribution in [0.5, 0.6) is 0 Å². The number of benzene rings is 3. The Morgan fingerprint density at radius 3 is 2.45 bits per heavy atom. The summed E-state index contributed by atoms with van der Waals surface area (Å²) in [7, 11) is 2.12. The first-order chi connectivity index (χ1) is 14.7. The number of carbonyl (C=O) groups is 1. The zero-order valence-corrected chi connectivity index (χ0v) is 18.4. The highest BCUT2D eigenvalue weighted by Crippen LogP contribution is 2.31. The molecule has 3 aromatic carbocycles. The highest BCUT2D eigenvalue weighted by molar-refractivity contribution is 6.08. The summed E-state index contributed by atoms with van der Waals surface area (Å²) in [4.78, 5) is 22.8. The molecule has 1 saturated heterocycles. The third-order valence-electron chi connectivity index (χ3n) is 6.02. The summed E-state index contributed by atoms with van der Waals surface area (Å²) in [6.07, 6.45) is 1.00. The van der Waals surface area contributed by atoms with Gasteiger partial charge in [-0.2, -0.15) is 0 Å². The van der Waals surface area contributed by atoms with Gasteiger partial charge in [-0.3, -0.25) is 4.79 Å². The van der Waals surface area contributed by atoms with Crippen molar-refractivity contribution in [2.24, 2.45) is 0 Å². The predicted octanol–water partition coefficient (Wildman–Crippen LogP) is 5.25. The molecule has 158 valence electrons. The zero-order valence-electron chi connectivity index (χ0n) is 17.6. The summed E-state index contributed by atoms with van der Waals surface area (Å²) in [6, 6.07) is 24.5. The van der Waals surface area contributed by atoms with E-state index in [2.05, 4.69) is 42.3 Å². The molecule has 2 heterocycles. The van der Waals surface area contributed by atoms with Crippen molar-refractivity contribution in [1.82, 2.24) is 14.8 Å². The molecule has 0 spiro atoms. The van der Waals surface area contributed by atoms with E-state index in [1.807, 2.05) is 47.4 Å². The number of halogens is 1. The number of amides is 1. The summed E-state index contributed by atoms with van der Waals surface area (Å²) in [5.74, 6) is 0.102. The van der Waals surface area contributed by atoms with Crippen molar-refractivity contribution in [1.29, 1.82) is 0 Å². The molecule has 5 rings (SSSR count). The Kier molecular flexibility index (Phi) is 6.21. The number of hydrogen-bond donors (Lipinski definition) is 0. The Morgan fingerprint density at radius 2 is 1.58 bits per heavy atom. The highest BCUT2D eigenvalue weighted by atomic mass is 35.5. The second-order valence-electron chi connectivity index (χ2n) is 8.05. The average molecular weight is 432 g/mol. The van der Waals surface area contributed by atoms with E-state index in [-0.39, 0.29) is 18.3 Å². The van der Waals surface area contributed by atoms with Crippen LogP contribution in [0.15, 0.2) is 72.8 Å². The van der Waals surface area contributed by atoms with Crippen LogP contribution in [0.3, 0.4) is 0 Å². The maximum atomic E-state index is 13.6. The number of nitrogens with zero attached hydrogens (tertiary/aromatic N) is 3. The van der Waals surface area contributed by atoms with E-state index in [1.165, 1.54) is 5.39 Å². The summed E-state index contributed by atoms with van der Waals surface area (Å²) in [6.45, 7) is 3.49. The minimum Gasteiger partial charge on any atom is -0.337 e. The molecule has 0 saturated carbocycles. The lowest BCUT2D eigenvalue weighted by Crippen LogP contribution is -2.34. The maximum absolute atomic E-state index is 13.6. The van der Waals surface area contributed by atoms with Gasteiger partial charge >= 0.3 is 0 Å². The van der Waals surface area contributed by atoms with Gasteiger partial charge in [0.15, 0.2) is 0 Å². The van der Waals surface area contributed by atoms with E-state index < -0.39 is 0 Å². The molecule has 4 nitrogen and oxygen atoms in total. The Labute approximate surface area is 188 Å². The number of aromatic nitrogens is 1. The molecule has 0 unspecified atom stereocenters.